The maximum absolute atomic E-state index is 13.4. The van der Waals surface area contributed by atoms with Crippen molar-refractivity contribution in [1.82, 2.24) is 44.3 Å². The minimum atomic E-state index is -1.17. The highest BCUT2D eigenvalue weighted by molar-refractivity contribution is 6.02. The summed E-state index contributed by atoms with van der Waals surface area (Å²) >= 11 is 0. The Labute approximate surface area is 353 Å². The fraction of sp³-hybridized carbons (Fsp3) is 0.400. The Morgan fingerprint density at radius 1 is 0.902 bits per heavy atom. The number of nitrogens with zero attached hydrogens (tertiary/aromatic N) is 10. The number of aliphatic hydroxyl groups is 1. The number of anilines is 4. The van der Waals surface area contributed by atoms with Crippen molar-refractivity contribution in [3.63, 3.8) is 0 Å². The van der Waals surface area contributed by atoms with Gasteiger partial charge in [-0.1, -0.05) is 12.1 Å². The molecule has 2 aromatic carbocycles. The number of aromatic nitrogens is 7. The number of hydrogen-bond donors (Lipinski definition) is 3. The van der Waals surface area contributed by atoms with Crippen LogP contribution in [0.5, 0.6) is 0 Å². The molecule has 4 aromatic heterocycles. The van der Waals surface area contributed by atoms with E-state index in [1.54, 1.807) is 42.8 Å². The lowest BCUT2D eigenvalue weighted by atomic mass is 9.93. The Bertz CT molecular complexity index is 2680. The number of amides is 2. The lowest BCUT2D eigenvalue weighted by molar-refractivity contribution is -0.134. The molecule has 6 aromatic rings. The number of pyridine rings is 1. The van der Waals surface area contributed by atoms with E-state index < -0.39 is 11.5 Å². The van der Waals surface area contributed by atoms with Crippen molar-refractivity contribution >= 4 is 56.8 Å². The number of imide groups is 1. The molecule has 3 N–H and O–H groups in total. The Morgan fingerprint density at radius 2 is 1.64 bits per heavy atom. The molecular weight excluding hydrogens is 773 g/mol. The number of carbonyl (C=O) groups is 2. The average Bonchev–Trinajstić information content (AvgIpc) is 3.73. The van der Waals surface area contributed by atoms with Gasteiger partial charge in [0.05, 0.1) is 29.4 Å². The zero-order valence-corrected chi connectivity index (χ0v) is 34.9. The van der Waals surface area contributed by atoms with Gasteiger partial charge in [-0.2, -0.15) is 10.1 Å². The molecule has 0 spiro atoms. The molecule has 61 heavy (non-hydrogen) atoms. The predicted octanol–water partition coefficient (Wildman–Crippen LogP) is 4.58. The van der Waals surface area contributed by atoms with E-state index in [0.717, 1.165) is 80.9 Å². The smallest absolute Gasteiger partial charge is 0.278 e. The summed E-state index contributed by atoms with van der Waals surface area (Å²) in [7, 11) is 1.92. The standard InChI is InChI=1S/C45H52N12O4/c1-5-19-56-43(60)35-27-46-44(50-41(35)57(56)38-8-6-7-37(48-38)45(2,3)61)47-30-9-11-31(12-10-30)54-20-17-29(18-21-54)28-53-22-24-55(25-23-53)32-13-14-33-36(26-32)52(4)51-40(33)34-15-16-39(58)49-42(34)59/h5-14,26-27,29,34,61H,1,15-25,28H2,2-4H3,(H,46,47,50)(H,49,58,59). The first kappa shape index (κ1) is 40.0. The molecule has 0 radical (unpaired) electrons. The van der Waals surface area contributed by atoms with Crippen molar-refractivity contribution in [1.29, 1.82) is 0 Å². The van der Waals surface area contributed by atoms with E-state index in [1.165, 1.54) is 22.3 Å². The molecule has 2 amide bonds. The van der Waals surface area contributed by atoms with Crippen molar-refractivity contribution in [2.75, 3.05) is 60.9 Å². The molecule has 3 aliphatic heterocycles. The van der Waals surface area contributed by atoms with E-state index in [1.807, 2.05) is 23.9 Å². The van der Waals surface area contributed by atoms with Crippen molar-refractivity contribution in [3.8, 4) is 5.82 Å². The molecule has 316 valence electrons. The monoisotopic (exact) mass is 824 g/mol. The third-order valence-electron chi connectivity index (χ3n) is 12.3. The van der Waals surface area contributed by atoms with Gasteiger partial charge in [0.1, 0.15) is 11.0 Å². The number of allylic oxidation sites excluding steroid dienone is 1. The highest BCUT2D eigenvalue weighted by atomic mass is 16.3. The largest absolute Gasteiger partial charge is 0.384 e. The van der Waals surface area contributed by atoms with Crippen molar-refractivity contribution in [2.45, 2.75) is 57.6 Å². The van der Waals surface area contributed by atoms with E-state index in [9.17, 15) is 19.5 Å². The minimum Gasteiger partial charge on any atom is -0.384 e. The van der Waals surface area contributed by atoms with Crippen LogP contribution in [0, 0.1) is 5.92 Å². The van der Waals surface area contributed by atoms with Gasteiger partial charge in [0.15, 0.2) is 11.5 Å². The molecule has 0 saturated carbocycles. The van der Waals surface area contributed by atoms with Crippen LogP contribution in [0.15, 0.2) is 84.3 Å². The van der Waals surface area contributed by atoms with Crippen LogP contribution in [0.3, 0.4) is 0 Å². The first-order valence-corrected chi connectivity index (χ1v) is 21.1. The van der Waals surface area contributed by atoms with Gasteiger partial charge in [-0.05, 0) is 93.6 Å². The Balaban J connectivity index is 0.790. The van der Waals surface area contributed by atoms with E-state index in [2.05, 4.69) is 72.2 Å². The van der Waals surface area contributed by atoms with Gasteiger partial charge >= 0.3 is 0 Å². The summed E-state index contributed by atoms with van der Waals surface area (Å²) in [6.07, 6.45) is 6.29. The van der Waals surface area contributed by atoms with Gasteiger partial charge in [-0.25, -0.2) is 19.3 Å². The van der Waals surface area contributed by atoms with Gasteiger partial charge < -0.3 is 20.2 Å². The summed E-state index contributed by atoms with van der Waals surface area (Å²) in [5.74, 6) is 0.573. The van der Waals surface area contributed by atoms with Crippen LogP contribution in [0.25, 0.3) is 27.8 Å². The number of piperidine rings is 2. The molecule has 0 aliphatic carbocycles. The lowest BCUT2D eigenvalue weighted by Crippen LogP contribution is -2.49. The van der Waals surface area contributed by atoms with Gasteiger partial charge in [-0.3, -0.25) is 29.3 Å². The number of hydrogen-bond acceptors (Lipinski definition) is 12. The molecule has 3 fully saturated rings. The van der Waals surface area contributed by atoms with E-state index in [-0.39, 0.29) is 23.9 Å². The van der Waals surface area contributed by atoms with Crippen LogP contribution in [0.4, 0.5) is 23.0 Å². The summed E-state index contributed by atoms with van der Waals surface area (Å²) in [6, 6.07) is 20.0. The van der Waals surface area contributed by atoms with E-state index in [0.29, 0.717) is 47.3 Å². The van der Waals surface area contributed by atoms with Crippen LogP contribution in [-0.2, 0) is 28.8 Å². The maximum atomic E-state index is 13.4. The quantitative estimate of drug-likeness (QED) is 0.123. The van der Waals surface area contributed by atoms with E-state index in [4.69, 9.17) is 10.1 Å². The molecule has 0 bridgehead atoms. The molecule has 9 rings (SSSR count). The second-order valence-corrected chi connectivity index (χ2v) is 17.0. The van der Waals surface area contributed by atoms with Crippen LogP contribution >= 0.6 is 0 Å². The molecule has 16 nitrogen and oxygen atoms in total. The summed E-state index contributed by atoms with van der Waals surface area (Å²) in [5.41, 5.74) is 4.37. The molecular formula is C45H52N12O4. The summed E-state index contributed by atoms with van der Waals surface area (Å²) < 4.78 is 5.02. The van der Waals surface area contributed by atoms with Gasteiger partial charge in [0.25, 0.3) is 5.56 Å². The van der Waals surface area contributed by atoms with Crippen LogP contribution in [-0.4, -0.2) is 102 Å². The van der Waals surface area contributed by atoms with Crippen LogP contribution < -0.4 is 26.0 Å². The maximum Gasteiger partial charge on any atom is 0.278 e. The SMILES string of the molecule is C=CCn1c(=O)c2cnc(Nc3ccc(N4CCC(CN5CCN(c6ccc7c(C8CCC(=O)NC8=O)nn(C)c7c6)CC5)CC4)cc3)nc2n1-c1cccc(C(C)(C)O)n1. The normalized spacial score (nSPS) is 18.3. The first-order chi connectivity index (χ1) is 29.4. The molecule has 1 unspecified atom stereocenters. The van der Waals surface area contributed by atoms with Gasteiger partial charge in [0.2, 0.25) is 17.8 Å². The van der Waals surface area contributed by atoms with E-state index >= 15 is 0 Å². The fourth-order valence-corrected chi connectivity index (χ4v) is 8.99. The van der Waals surface area contributed by atoms with Gasteiger partial charge in [0, 0.05) is 87.9 Å². The number of nitrogens with one attached hydrogen (secondary N) is 2. The molecule has 3 saturated heterocycles. The Kier molecular flexibility index (Phi) is 10.7. The van der Waals surface area contributed by atoms with Gasteiger partial charge in [-0.15, -0.1) is 6.58 Å². The number of piperazine rings is 1. The molecule has 7 heterocycles. The Morgan fingerprint density at radius 3 is 2.36 bits per heavy atom. The second-order valence-electron chi connectivity index (χ2n) is 17.0. The number of rotatable bonds is 11. The average molecular weight is 825 g/mol. The topological polar surface area (TPSA) is 172 Å². The Hall–Kier alpha value is -6.39. The summed E-state index contributed by atoms with van der Waals surface area (Å²) in [5, 5.41) is 22.4. The number of carbonyl (C=O) groups excluding carboxylic acids is 2. The summed E-state index contributed by atoms with van der Waals surface area (Å²) in [4.78, 5) is 59.1. The third-order valence-corrected chi connectivity index (χ3v) is 12.3. The number of aryl methyl sites for hydroxylation is 1. The lowest BCUT2D eigenvalue weighted by Gasteiger charge is -2.40. The highest BCUT2D eigenvalue weighted by Crippen LogP contribution is 2.33. The zero-order chi connectivity index (χ0) is 42.4. The first-order valence-electron chi connectivity index (χ1n) is 21.1. The van der Waals surface area contributed by atoms with Crippen LogP contribution in [0.1, 0.15) is 56.8 Å². The molecule has 3 aliphatic rings. The van der Waals surface area contributed by atoms with Crippen LogP contribution in [0.2, 0.25) is 0 Å². The van der Waals surface area contributed by atoms with Crippen molar-refractivity contribution < 1.29 is 14.7 Å². The third kappa shape index (κ3) is 8.00. The summed E-state index contributed by atoms with van der Waals surface area (Å²) in [6.45, 7) is 14.5. The molecule has 1 atom stereocenters. The molecule has 16 heteroatoms. The van der Waals surface area contributed by atoms with Crippen molar-refractivity contribution in [2.24, 2.45) is 13.0 Å². The number of fused-ring (bicyclic) bond motifs is 2. The zero-order valence-electron chi connectivity index (χ0n) is 34.9. The highest BCUT2D eigenvalue weighted by Gasteiger charge is 2.32. The number of benzene rings is 2. The minimum absolute atomic E-state index is 0.216. The fourth-order valence-electron chi connectivity index (χ4n) is 8.99. The second kappa shape index (κ2) is 16.2. The predicted molar refractivity (Wildman–Crippen MR) is 236 cm³/mol. The van der Waals surface area contributed by atoms with Crippen molar-refractivity contribution in [3.05, 3.63) is 101 Å².